The molecule has 1 N–H and O–H groups in total. The van der Waals surface area contributed by atoms with Gasteiger partial charge in [-0.2, -0.15) is 0 Å². The molecule has 0 spiro atoms. The van der Waals surface area contributed by atoms with Gasteiger partial charge in [0.15, 0.2) is 0 Å². The highest BCUT2D eigenvalue weighted by Crippen LogP contribution is 2.23. The molecule has 1 aliphatic heterocycles. The Hall–Kier alpha value is -1.13. The number of hydrogen-bond donors (Lipinski definition) is 1. The van der Waals surface area contributed by atoms with Gasteiger partial charge in [-0.3, -0.25) is 0 Å². The van der Waals surface area contributed by atoms with Crippen molar-refractivity contribution < 1.29 is 14.6 Å². The molecule has 1 aromatic heterocycles. The SMILES string of the molecule is CC1CC(Oc2ccc(CO)cn2)CC(C)O1. The first-order chi connectivity index (χ1) is 8.17. The molecule has 2 rings (SSSR count). The van der Waals surface area contributed by atoms with Crippen molar-refractivity contribution in [1.29, 1.82) is 0 Å². The molecular weight excluding hydrogens is 218 g/mol. The van der Waals surface area contributed by atoms with Crippen LogP contribution in [0.5, 0.6) is 5.88 Å². The number of ether oxygens (including phenoxy) is 2. The second kappa shape index (κ2) is 5.47. The Labute approximate surface area is 102 Å². The molecule has 0 radical (unpaired) electrons. The van der Waals surface area contributed by atoms with Crippen molar-refractivity contribution >= 4 is 0 Å². The zero-order valence-corrected chi connectivity index (χ0v) is 10.3. The molecule has 1 aromatic rings. The van der Waals surface area contributed by atoms with Gasteiger partial charge in [0.2, 0.25) is 5.88 Å². The minimum Gasteiger partial charge on any atom is -0.474 e. The van der Waals surface area contributed by atoms with E-state index in [1.165, 1.54) is 0 Å². The van der Waals surface area contributed by atoms with Crippen LogP contribution < -0.4 is 4.74 Å². The lowest BCUT2D eigenvalue weighted by Crippen LogP contribution is -2.35. The lowest BCUT2D eigenvalue weighted by molar-refractivity contribution is -0.0729. The highest BCUT2D eigenvalue weighted by atomic mass is 16.5. The van der Waals surface area contributed by atoms with Crippen LogP contribution in [0.2, 0.25) is 0 Å². The Bertz CT molecular complexity index is 342. The molecule has 1 saturated heterocycles. The van der Waals surface area contributed by atoms with Crippen LogP contribution in [0.15, 0.2) is 18.3 Å². The Morgan fingerprint density at radius 2 is 2.06 bits per heavy atom. The van der Waals surface area contributed by atoms with Crippen LogP contribution in [-0.2, 0) is 11.3 Å². The molecule has 0 aliphatic carbocycles. The minimum atomic E-state index is 0.0125. The molecule has 0 saturated carbocycles. The van der Waals surface area contributed by atoms with Gasteiger partial charge in [0.25, 0.3) is 0 Å². The fourth-order valence-electron chi connectivity index (χ4n) is 2.19. The van der Waals surface area contributed by atoms with Gasteiger partial charge in [0.1, 0.15) is 6.10 Å². The molecule has 1 aliphatic rings. The van der Waals surface area contributed by atoms with Gasteiger partial charge >= 0.3 is 0 Å². The molecule has 94 valence electrons. The number of rotatable bonds is 3. The van der Waals surface area contributed by atoms with E-state index in [2.05, 4.69) is 18.8 Å². The van der Waals surface area contributed by atoms with Crippen molar-refractivity contribution in [2.24, 2.45) is 0 Å². The van der Waals surface area contributed by atoms with E-state index in [4.69, 9.17) is 14.6 Å². The summed E-state index contributed by atoms with van der Waals surface area (Å²) in [6.45, 7) is 4.14. The van der Waals surface area contributed by atoms with Crippen LogP contribution in [0.4, 0.5) is 0 Å². The maximum atomic E-state index is 8.92. The zero-order chi connectivity index (χ0) is 12.3. The quantitative estimate of drug-likeness (QED) is 0.872. The van der Waals surface area contributed by atoms with Crippen molar-refractivity contribution in [3.63, 3.8) is 0 Å². The van der Waals surface area contributed by atoms with E-state index in [1.807, 2.05) is 6.07 Å². The Morgan fingerprint density at radius 3 is 2.59 bits per heavy atom. The molecule has 0 aromatic carbocycles. The summed E-state index contributed by atoms with van der Waals surface area (Å²) in [6.07, 6.45) is 4.07. The molecule has 4 nitrogen and oxygen atoms in total. The van der Waals surface area contributed by atoms with Gasteiger partial charge < -0.3 is 14.6 Å². The molecule has 1 fully saturated rings. The molecule has 2 heterocycles. The molecule has 2 unspecified atom stereocenters. The van der Waals surface area contributed by atoms with Gasteiger partial charge in [0.05, 0.1) is 18.8 Å². The fraction of sp³-hybridized carbons (Fsp3) is 0.615. The number of aliphatic hydroxyl groups is 1. The first-order valence-corrected chi connectivity index (χ1v) is 6.05. The summed E-state index contributed by atoms with van der Waals surface area (Å²) in [5, 5.41) is 8.92. The Morgan fingerprint density at radius 1 is 1.35 bits per heavy atom. The van der Waals surface area contributed by atoms with E-state index in [-0.39, 0.29) is 24.9 Å². The summed E-state index contributed by atoms with van der Waals surface area (Å²) in [4.78, 5) is 4.17. The molecule has 17 heavy (non-hydrogen) atoms. The van der Waals surface area contributed by atoms with Crippen LogP contribution in [0.25, 0.3) is 0 Å². The van der Waals surface area contributed by atoms with E-state index in [0.29, 0.717) is 5.88 Å². The van der Waals surface area contributed by atoms with Gasteiger partial charge in [-0.05, 0) is 25.5 Å². The number of aliphatic hydroxyl groups excluding tert-OH is 1. The Kier molecular flexibility index (Phi) is 3.97. The first kappa shape index (κ1) is 12.3. The van der Waals surface area contributed by atoms with E-state index in [0.717, 1.165) is 18.4 Å². The third-order valence-corrected chi connectivity index (χ3v) is 2.92. The van der Waals surface area contributed by atoms with Crippen LogP contribution in [0, 0.1) is 0 Å². The molecular formula is C13H19NO3. The summed E-state index contributed by atoms with van der Waals surface area (Å²) in [5.41, 5.74) is 0.797. The standard InChI is InChI=1S/C13H19NO3/c1-9-5-12(6-10(2)16-9)17-13-4-3-11(8-15)7-14-13/h3-4,7,9-10,12,15H,5-6,8H2,1-2H3. The number of aromatic nitrogens is 1. The van der Waals surface area contributed by atoms with Crippen molar-refractivity contribution in [3.05, 3.63) is 23.9 Å². The zero-order valence-electron chi connectivity index (χ0n) is 10.3. The van der Waals surface area contributed by atoms with Crippen LogP contribution >= 0.6 is 0 Å². The predicted molar refractivity (Wildman–Crippen MR) is 63.8 cm³/mol. The summed E-state index contributed by atoms with van der Waals surface area (Å²) >= 11 is 0. The van der Waals surface area contributed by atoms with Crippen LogP contribution in [0.3, 0.4) is 0 Å². The fourth-order valence-corrected chi connectivity index (χ4v) is 2.19. The third-order valence-electron chi connectivity index (χ3n) is 2.92. The smallest absolute Gasteiger partial charge is 0.213 e. The third kappa shape index (κ3) is 3.41. The molecule has 0 bridgehead atoms. The monoisotopic (exact) mass is 237 g/mol. The predicted octanol–water partition coefficient (Wildman–Crippen LogP) is 1.91. The molecule has 4 heteroatoms. The van der Waals surface area contributed by atoms with Crippen molar-refractivity contribution in [3.8, 4) is 5.88 Å². The highest BCUT2D eigenvalue weighted by molar-refractivity contribution is 5.17. The largest absolute Gasteiger partial charge is 0.474 e. The summed E-state index contributed by atoms with van der Waals surface area (Å²) in [7, 11) is 0. The molecule has 0 amide bonds. The Balaban J connectivity index is 1.95. The number of pyridine rings is 1. The van der Waals surface area contributed by atoms with Gasteiger partial charge in [-0.1, -0.05) is 0 Å². The van der Waals surface area contributed by atoms with E-state index < -0.39 is 0 Å². The number of hydrogen-bond acceptors (Lipinski definition) is 4. The second-order valence-corrected chi connectivity index (χ2v) is 4.63. The van der Waals surface area contributed by atoms with Crippen molar-refractivity contribution in [1.82, 2.24) is 4.98 Å². The average molecular weight is 237 g/mol. The average Bonchev–Trinajstić information content (AvgIpc) is 2.28. The highest BCUT2D eigenvalue weighted by Gasteiger charge is 2.25. The lowest BCUT2D eigenvalue weighted by Gasteiger charge is -2.31. The summed E-state index contributed by atoms with van der Waals surface area (Å²) in [5.74, 6) is 0.619. The topological polar surface area (TPSA) is 51.6 Å². The minimum absolute atomic E-state index is 0.0125. The first-order valence-electron chi connectivity index (χ1n) is 6.05. The van der Waals surface area contributed by atoms with Crippen LogP contribution in [-0.4, -0.2) is 28.4 Å². The number of nitrogens with zero attached hydrogens (tertiary/aromatic N) is 1. The summed E-state index contributed by atoms with van der Waals surface area (Å²) in [6, 6.07) is 3.63. The second-order valence-electron chi connectivity index (χ2n) is 4.63. The summed E-state index contributed by atoms with van der Waals surface area (Å²) < 4.78 is 11.5. The van der Waals surface area contributed by atoms with Crippen molar-refractivity contribution in [2.75, 3.05) is 0 Å². The van der Waals surface area contributed by atoms with Gasteiger partial charge in [-0.15, -0.1) is 0 Å². The van der Waals surface area contributed by atoms with E-state index in [1.54, 1.807) is 12.3 Å². The van der Waals surface area contributed by atoms with E-state index >= 15 is 0 Å². The molecule has 2 atom stereocenters. The van der Waals surface area contributed by atoms with Gasteiger partial charge in [-0.25, -0.2) is 4.98 Å². The van der Waals surface area contributed by atoms with Gasteiger partial charge in [0, 0.05) is 25.1 Å². The van der Waals surface area contributed by atoms with Crippen molar-refractivity contribution in [2.45, 2.75) is 51.6 Å². The van der Waals surface area contributed by atoms with E-state index in [9.17, 15) is 0 Å². The van der Waals surface area contributed by atoms with Crippen LogP contribution in [0.1, 0.15) is 32.3 Å². The lowest BCUT2D eigenvalue weighted by atomic mass is 10.0. The normalized spacial score (nSPS) is 29.0. The maximum Gasteiger partial charge on any atom is 0.213 e. The maximum absolute atomic E-state index is 8.92.